The molecule has 0 aliphatic carbocycles. The molecule has 2 heterocycles. The molecule has 0 saturated heterocycles. The Morgan fingerprint density at radius 3 is 2.65 bits per heavy atom. The first-order valence-electron chi connectivity index (χ1n) is 6.83. The lowest BCUT2D eigenvalue weighted by Gasteiger charge is -2.37. The summed E-state index contributed by atoms with van der Waals surface area (Å²) in [6, 6.07) is 1.49. The second-order valence-electron chi connectivity index (χ2n) is 5.27. The summed E-state index contributed by atoms with van der Waals surface area (Å²) < 4.78 is 1.94. The van der Waals surface area contributed by atoms with E-state index in [1.165, 1.54) is 6.07 Å². The van der Waals surface area contributed by atoms with Crippen LogP contribution in [0.2, 0.25) is 5.02 Å². The van der Waals surface area contributed by atoms with Crippen LogP contribution in [0.1, 0.15) is 50.5 Å². The SMILES string of the molecule is CCCC1(C(C)CC)NC(=O)c2c(Cl)cc(Br)c(=O)n21. The zero-order chi connectivity index (χ0) is 15.1. The fourth-order valence-corrected chi connectivity index (χ4v) is 3.76. The molecule has 0 radical (unpaired) electrons. The largest absolute Gasteiger partial charge is 0.327 e. The average Bonchev–Trinajstić information content (AvgIpc) is 2.70. The maximum atomic E-state index is 12.5. The van der Waals surface area contributed by atoms with Crippen LogP contribution in [0.5, 0.6) is 0 Å². The van der Waals surface area contributed by atoms with Gasteiger partial charge in [0.15, 0.2) is 0 Å². The van der Waals surface area contributed by atoms with E-state index in [0.29, 0.717) is 15.9 Å². The van der Waals surface area contributed by atoms with Gasteiger partial charge in [-0.15, -0.1) is 0 Å². The zero-order valence-corrected chi connectivity index (χ0v) is 14.1. The fraction of sp³-hybridized carbons (Fsp3) is 0.571. The van der Waals surface area contributed by atoms with Crippen molar-refractivity contribution in [3.63, 3.8) is 0 Å². The van der Waals surface area contributed by atoms with Crippen molar-refractivity contribution in [1.29, 1.82) is 0 Å². The first-order valence-corrected chi connectivity index (χ1v) is 8.00. The first-order chi connectivity index (χ1) is 9.39. The van der Waals surface area contributed by atoms with Crippen LogP contribution in [0.3, 0.4) is 0 Å². The molecular formula is C14H18BrClN2O2. The third-order valence-electron chi connectivity index (χ3n) is 4.11. The van der Waals surface area contributed by atoms with Gasteiger partial charge in [0.25, 0.3) is 11.5 Å². The summed E-state index contributed by atoms with van der Waals surface area (Å²) >= 11 is 9.40. The van der Waals surface area contributed by atoms with E-state index in [4.69, 9.17) is 11.6 Å². The Balaban J connectivity index is 2.80. The minimum absolute atomic E-state index is 0.135. The van der Waals surface area contributed by atoms with E-state index in [2.05, 4.69) is 28.2 Å². The Hall–Kier alpha value is -0.810. The Bertz CT molecular complexity index is 614. The van der Waals surface area contributed by atoms with Gasteiger partial charge in [0, 0.05) is 0 Å². The van der Waals surface area contributed by atoms with Crippen molar-refractivity contribution in [3.05, 3.63) is 31.6 Å². The van der Waals surface area contributed by atoms with E-state index in [1.807, 2.05) is 13.8 Å². The van der Waals surface area contributed by atoms with Gasteiger partial charge >= 0.3 is 0 Å². The molecule has 1 aliphatic rings. The molecule has 1 amide bonds. The normalized spacial score (nSPS) is 22.6. The van der Waals surface area contributed by atoms with Crippen LogP contribution in [0.25, 0.3) is 0 Å². The van der Waals surface area contributed by atoms with Gasteiger partial charge in [-0.2, -0.15) is 0 Å². The summed E-state index contributed by atoms with van der Waals surface area (Å²) in [6.45, 7) is 6.14. The van der Waals surface area contributed by atoms with Gasteiger partial charge in [-0.25, -0.2) is 0 Å². The zero-order valence-electron chi connectivity index (χ0n) is 11.8. The van der Waals surface area contributed by atoms with E-state index >= 15 is 0 Å². The smallest absolute Gasteiger partial charge is 0.271 e. The highest BCUT2D eigenvalue weighted by atomic mass is 79.9. The van der Waals surface area contributed by atoms with Crippen LogP contribution in [-0.2, 0) is 5.66 Å². The summed E-state index contributed by atoms with van der Waals surface area (Å²) in [5, 5.41) is 3.31. The summed E-state index contributed by atoms with van der Waals surface area (Å²) in [6.07, 6.45) is 2.42. The number of nitrogens with one attached hydrogen (secondary N) is 1. The van der Waals surface area contributed by atoms with Crippen LogP contribution in [0.4, 0.5) is 0 Å². The lowest BCUT2D eigenvalue weighted by atomic mass is 9.88. The molecule has 110 valence electrons. The quantitative estimate of drug-likeness (QED) is 0.892. The maximum Gasteiger partial charge on any atom is 0.271 e. The van der Waals surface area contributed by atoms with Crippen molar-refractivity contribution in [2.45, 2.75) is 45.7 Å². The summed E-state index contributed by atoms with van der Waals surface area (Å²) in [5.74, 6) is -0.135. The van der Waals surface area contributed by atoms with Crippen LogP contribution in [0.15, 0.2) is 15.3 Å². The standard InChI is InChI=1S/C14H18BrClN2O2/c1-4-6-14(8(3)5-2)17-12(19)11-10(16)7-9(15)13(20)18(11)14/h7-8H,4-6H2,1-3H3,(H,17,19). The number of aromatic nitrogens is 1. The van der Waals surface area contributed by atoms with Crippen LogP contribution in [-0.4, -0.2) is 10.5 Å². The third-order valence-corrected chi connectivity index (χ3v) is 4.97. The number of carbonyl (C=O) groups excluding carboxylic acids is 1. The molecule has 1 aromatic heterocycles. The molecule has 0 bridgehead atoms. The summed E-state index contributed by atoms with van der Waals surface area (Å²) in [7, 11) is 0. The Labute approximate surface area is 131 Å². The van der Waals surface area contributed by atoms with E-state index in [9.17, 15) is 9.59 Å². The molecule has 2 rings (SSSR count). The molecule has 2 atom stereocenters. The summed E-state index contributed by atoms with van der Waals surface area (Å²) in [5.41, 5.74) is -0.620. The van der Waals surface area contributed by atoms with Crippen LogP contribution in [0, 0.1) is 5.92 Å². The number of rotatable bonds is 4. The minimum Gasteiger partial charge on any atom is -0.327 e. The van der Waals surface area contributed by atoms with Gasteiger partial charge in [0.2, 0.25) is 0 Å². The second kappa shape index (κ2) is 5.53. The van der Waals surface area contributed by atoms with Crippen molar-refractivity contribution < 1.29 is 4.79 Å². The van der Waals surface area contributed by atoms with Crippen molar-refractivity contribution >= 4 is 33.4 Å². The number of nitrogens with zero attached hydrogens (tertiary/aromatic N) is 1. The number of hydrogen-bond donors (Lipinski definition) is 1. The highest BCUT2D eigenvalue weighted by molar-refractivity contribution is 9.10. The second-order valence-corrected chi connectivity index (χ2v) is 6.53. The van der Waals surface area contributed by atoms with E-state index in [1.54, 1.807) is 4.57 Å². The van der Waals surface area contributed by atoms with Gasteiger partial charge in [0.1, 0.15) is 11.4 Å². The van der Waals surface area contributed by atoms with E-state index in [0.717, 1.165) is 12.8 Å². The number of hydrogen-bond acceptors (Lipinski definition) is 2. The Morgan fingerprint density at radius 1 is 1.45 bits per heavy atom. The molecule has 0 aromatic carbocycles. The molecule has 0 spiro atoms. The molecule has 1 aliphatic heterocycles. The van der Waals surface area contributed by atoms with E-state index < -0.39 is 5.66 Å². The molecule has 2 unspecified atom stereocenters. The minimum atomic E-state index is -0.680. The molecular weight excluding hydrogens is 344 g/mol. The molecule has 1 N–H and O–H groups in total. The number of pyridine rings is 1. The van der Waals surface area contributed by atoms with Gasteiger partial charge in [-0.3, -0.25) is 14.2 Å². The van der Waals surface area contributed by atoms with Crippen molar-refractivity contribution in [2.24, 2.45) is 5.92 Å². The summed E-state index contributed by atoms with van der Waals surface area (Å²) in [4.78, 5) is 24.8. The molecule has 0 fully saturated rings. The van der Waals surface area contributed by atoms with Crippen LogP contribution < -0.4 is 10.9 Å². The lowest BCUT2D eigenvalue weighted by Crippen LogP contribution is -2.52. The average molecular weight is 362 g/mol. The highest BCUT2D eigenvalue weighted by Crippen LogP contribution is 2.37. The molecule has 0 saturated carbocycles. The predicted octanol–water partition coefficient (Wildman–Crippen LogP) is 3.51. The predicted molar refractivity (Wildman–Crippen MR) is 83.2 cm³/mol. The number of carbonyl (C=O) groups is 1. The number of amides is 1. The lowest BCUT2D eigenvalue weighted by molar-refractivity contribution is 0.0822. The first kappa shape index (κ1) is 15.6. The molecule has 20 heavy (non-hydrogen) atoms. The number of fused-ring (bicyclic) bond motifs is 1. The maximum absolute atomic E-state index is 12.5. The van der Waals surface area contributed by atoms with Crippen LogP contribution >= 0.6 is 27.5 Å². The van der Waals surface area contributed by atoms with Gasteiger partial charge in [0.05, 0.1) is 9.50 Å². The molecule has 4 nitrogen and oxygen atoms in total. The van der Waals surface area contributed by atoms with Crippen molar-refractivity contribution in [2.75, 3.05) is 0 Å². The molecule has 6 heteroatoms. The topological polar surface area (TPSA) is 51.1 Å². The monoisotopic (exact) mass is 360 g/mol. The van der Waals surface area contributed by atoms with Gasteiger partial charge in [-0.05, 0) is 40.8 Å². The molecule has 1 aromatic rings. The van der Waals surface area contributed by atoms with Gasteiger partial charge < -0.3 is 5.32 Å². The fourth-order valence-electron chi connectivity index (χ4n) is 2.94. The number of halogens is 2. The third kappa shape index (κ3) is 2.11. The highest BCUT2D eigenvalue weighted by Gasteiger charge is 2.47. The Morgan fingerprint density at radius 2 is 2.10 bits per heavy atom. The van der Waals surface area contributed by atoms with E-state index in [-0.39, 0.29) is 23.1 Å². The Kier molecular flexibility index (Phi) is 4.30. The van der Waals surface area contributed by atoms with Crippen molar-refractivity contribution in [3.8, 4) is 0 Å². The van der Waals surface area contributed by atoms with Gasteiger partial charge in [-0.1, -0.05) is 38.8 Å². The van der Waals surface area contributed by atoms with Crippen molar-refractivity contribution in [1.82, 2.24) is 9.88 Å².